The SMILES string of the molecule is N#Cc1ccnc(N2CCN(C(=O)NCc3cc(F)cc(F)c3)CC2)c1. The van der Waals surface area contributed by atoms with E-state index in [4.69, 9.17) is 5.26 Å². The van der Waals surface area contributed by atoms with Crippen LogP contribution in [-0.2, 0) is 6.54 Å². The van der Waals surface area contributed by atoms with Crippen LogP contribution in [0.4, 0.5) is 19.4 Å². The molecular weight excluding hydrogens is 340 g/mol. The van der Waals surface area contributed by atoms with Crippen molar-refractivity contribution in [2.45, 2.75) is 6.54 Å². The predicted molar refractivity (Wildman–Crippen MR) is 91.3 cm³/mol. The van der Waals surface area contributed by atoms with Gasteiger partial charge in [-0.3, -0.25) is 0 Å². The first kappa shape index (κ1) is 17.6. The van der Waals surface area contributed by atoms with Crippen LogP contribution in [0.15, 0.2) is 36.5 Å². The van der Waals surface area contributed by atoms with Crippen LogP contribution in [-0.4, -0.2) is 42.1 Å². The van der Waals surface area contributed by atoms with E-state index in [2.05, 4.69) is 16.4 Å². The largest absolute Gasteiger partial charge is 0.353 e. The number of carbonyl (C=O) groups excluding carboxylic acids is 1. The van der Waals surface area contributed by atoms with Crippen LogP contribution in [0, 0.1) is 23.0 Å². The highest BCUT2D eigenvalue weighted by Gasteiger charge is 2.22. The first-order valence-electron chi connectivity index (χ1n) is 8.14. The molecule has 3 rings (SSSR count). The molecule has 0 spiro atoms. The van der Waals surface area contributed by atoms with E-state index in [0.29, 0.717) is 43.1 Å². The van der Waals surface area contributed by atoms with Gasteiger partial charge in [0.15, 0.2) is 0 Å². The van der Waals surface area contributed by atoms with Gasteiger partial charge in [-0.05, 0) is 29.8 Å². The van der Waals surface area contributed by atoms with Crippen LogP contribution in [0.5, 0.6) is 0 Å². The highest BCUT2D eigenvalue weighted by molar-refractivity contribution is 5.74. The Labute approximate surface area is 149 Å². The second-order valence-corrected chi connectivity index (χ2v) is 5.93. The van der Waals surface area contributed by atoms with Crippen LogP contribution in [0.25, 0.3) is 0 Å². The molecule has 0 radical (unpaired) electrons. The summed E-state index contributed by atoms with van der Waals surface area (Å²) < 4.78 is 26.3. The van der Waals surface area contributed by atoms with Crippen LogP contribution < -0.4 is 10.2 Å². The number of nitriles is 1. The summed E-state index contributed by atoms with van der Waals surface area (Å²) in [6.07, 6.45) is 1.59. The summed E-state index contributed by atoms with van der Waals surface area (Å²) in [4.78, 5) is 20.1. The van der Waals surface area contributed by atoms with Crippen molar-refractivity contribution in [1.29, 1.82) is 5.26 Å². The summed E-state index contributed by atoms with van der Waals surface area (Å²) in [5.41, 5.74) is 0.907. The average molecular weight is 357 g/mol. The fourth-order valence-electron chi connectivity index (χ4n) is 2.80. The minimum absolute atomic E-state index is 0.0551. The van der Waals surface area contributed by atoms with Gasteiger partial charge in [0.25, 0.3) is 0 Å². The van der Waals surface area contributed by atoms with E-state index in [1.165, 1.54) is 12.1 Å². The lowest BCUT2D eigenvalue weighted by Crippen LogP contribution is -2.51. The Morgan fingerprint density at radius 2 is 1.85 bits per heavy atom. The number of nitrogens with zero attached hydrogens (tertiary/aromatic N) is 4. The molecular formula is C18H17F2N5O. The Morgan fingerprint density at radius 1 is 1.15 bits per heavy atom. The standard InChI is InChI=1S/C18H17F2N5O/c19-15-7-14(8-16(20)10-15)12-23-18(26)25-5-3-24(4-6-25)17-9-13(11-21)1-2-22-17/h1-2,7-10H,3-6,12H2,(H,23,26). The smallest absolute Gasteiger partial charge is 0.317 e. The molecule has 1 aromatic heterocycles. The average Bonchev–Trinajstić information content (AvgIpc) is 2.65. The highest BCUT2D eigenvalue weighted by atomic mass is 19.1. The molecule has 0 atom stereocenters. The van der Waals surface area contributed by atoms with E-state index in [-0.39, 0.29) is 12.6 Å². The molecule has 0 bridgehead atoms. The molecule has 0 unspecified atom stereocenters. The van der Waals surface area contributed by atoms with Gasteiger partial charge >= 0.3 is 6.03 Å². The number of aromatic nitrogens is 1. The number of rotatable bonds is 3. The summed E-state index contributed by atoms with van der Waals surface area (Å²) >= 11 is 0. The molecule has 1 aromatic carbocycles. The Morgan fingerprint density at radius 3 is 2.50 bits per heavy atom. The third-order valence-corrected chi connectivity index (χ3v) is 4.13. The number of pyridine rings is 1. The molecule has 0 aliphatic carbocycles. The van der Waals surface area contributed by atoms with E-state index in [0.717, 1.165) is 6.07 Å². The first-order valence-corrected chi connectivity index (χ1v) is 8.14. The summed E-state index contributed by atoms with van der Waals surface area (Å²) in [7, 11) is 0. The number of piperazine rings is 1. The van der Waals surface area contributed by atoms with Crippen LogP contribution in [0.3, 0.4) is 0 Å². The number of hydrogen-bond donors (Lipinski definition) is 1. The first-order chi connectivity index (χ1) is 12.5. The monoisotopic (exact) mass is 357 g/mol. The van der Waals surface area contributed by atoms with Gasteiger partial charge in [0, 0.05) is 45.0 Å². The molecule has 1 aliphatic heterocycles. The lowest BCUT2D eigenvalue weighted by atomic mass is 10.2. The second-order valence-electron chi connectivity index (χ2n) is 5.93. The van der Waals surface area contributed by atoms with Gasteiger partial charge < -0.3 is 15.1 Å². The Bertz CT molecular complexity index is 823. The van der Waals surface area contributed by atoms with Crippen molar-refractivity contribution in [3.63, 3.8) is 0 Å². The molecule has 2 aromatic rings. The zero-order valence-corrected chi connectivity index (χ0v) is 14.0. The van der Waals surface area contributed by atoms with Crippen LogP contribution in [0.1, 0.15) is 11.1 Å². The van der Waals surface area contributed by atoms with Gasteiger partial charge in [0.2, 0.25) is 0 Å². The van der Waals surface area contributed by atoms with E-state index in [1.54, 1.807) is 23.2 Å². The van der Waals surface area contributed by atoms with Crippen molar-refractivity contribution >= 4 is 11.8 Å². The van der Waals surface area contributed by atoms with Crippen molar-refractivity contribution in [3.8, 4) is 6.07 Å². The van der Waals surface area contributed by atoms with Crippen molar-refractivity contribution < 1.29 is 13.6 Å². The fourth-order valence-corrected chi connectivity index (χ4v) is 2.80. The van der Waals surface area contributed by atoms with E-state index in [9.17, 15) is 13.6 Å². The van der Waals surface area contributed by atoms with Crippen LogP contribution in [0.2, 0.25) is 0 Å². The lowest BCUT2D eigenvalue weighted by molar-refractivity contribution is 0.193. The maximum Gasteiger partial charge on any atom is 0.317 e. The molecule has 8 heteroatoms. The quantitative estimate of drug-likeness (QED) is 0.915. The van der Waals surface area contributed by atoms with Gasteiger partial charge in [0.1, 0.15) is 17.5 Å². The second kappa shape index (κ2) is 7.78. The zero-order valence-electron chi connectivity index (χ0n) is 14.0. The van der Waals surface area contributed by atoms with Crippen molar-refractivity contribution in [3.05, 3.63) is 59.3 Å². The third-order valence-electron chi connectivity index (χ3n) is 4.13. The molecule has 1 fully saturated rings. The van der Waals surface area contributed by atoms with E-state index < -0.39 is 11.6 Å². The number of amides is 2. The molecule has 2 heterocycles. The summed E-state index contributed by atoms with van der Waals surface area (Å²) in [6, 6.07) is 8.32. The Hall–Kier alpha value is -3.21. The summed E-state index contributed by atoms with van der Waals surface area (Å²) in [6.45, 7) is 2.21. The number of hydrogen-bond acceptors (Lipinski definition) is 4. The van der Waals surface area contributed by atoms with Crippen molar-refractivity contribution in [2.75, 3.05) is 31.1 Å². The van der Waals surface area contributed by atoms with Gasteiger partial charge in [-0.2, -0.15) is 5.26 Å². The maximum absolute atomic E-state index is 13.2. The molecule has 2 amide bonds. The highest BCUT2D eigenvalue weighted by Crippen LogP contribution is 2.15. The van der Waals surface area contributed by atoms with Gasteiger partial charge in [-0.1, -0.05) is 0 Å². The minimum Gasteiger partial charge on any atom is -0.353 e. The molecule has 1 N–H and O–H groups in total. The minimum atomic E-state index is -0.671. The number of benzene rings is 1. The fraction of sp³-hybridized carbons (Fsp3) is 0.278. The van der Waals surface area contributed by atoms with Gasteiger partial charge in [0.05, 0.1) is 11.6 Å². The summed E-state index contributed by atoms with van der Waals surface area (Å²) in [5, 5.41) is 11.6. The molecule has 1 aliphatic rings. The summed E-state index contributed by atoms with van der Waals surface area (Å²) in [5.74, 6) is -0.635. The van der Waals surface area contributed by atoms with Gasteiger partial charge in [-0.15, -0.1) is 0 Å². The topological polar surface area (TPSA) is 72.3 Å². The number of halogens is 2. The third kappa shape index (κ3) is 4.25. The molecule has 6 nitrogen and oxygen atoms in total. The van der Waals surface area contributed by atoms with Gasteiger partial charge in [-0.25, -0.2) is 18.6 Å². The van der Waals surface area contributed by atoms with Crippen molar-refractivity contribution in [2.24, 2.45) is 0 Å². The number of urea groups is 1. The van der Waals surface area contributed by atoms with E-state index >= 15 is 0 Å². The lowest BCUT2D eigenvalue weighted by Gasteiger charge is -2.35. The molecule has 26 heavy (non-hydrogen) atoms. The van der Waals surface area contributed by atoms with E-state index in [1.807, 2.05) is 4.90 Å². The Balaban J connectivity index is 1.52. The molecule has 0 saturated carbocycles. The number of carbonyl (C=O) groups is 1. The normalized spacial score (nSPS) is 14.0. The predicted octanol–water partition coefficient (Wildman–Crippen LogP) is 2.26. The number of anilines is 1. The van der Waals surface area contributed by atoms with Crippen molar-refractivity contribution in [1.82, 2.24) is 15.2 Å². The molecule has 1 saturated heterocycles. The Kier molecular flexibility index (Phi) is 5.27. The molecule has 134 valence electrons. The zero-order chi connectivity index (χ0) is 18.5. The maximum atomic E-state index is 13.2. The number of nitrogens with one attached hydrogen (secondary N) is 1. The van der Waals surface area contributed by atoms with Crippen LogP contribution >= 0.6 is 0 Å².